The van der Waals surface area contributed by atoms with E-state index >= 15 is 0 Å². The van der Waals surface area contributed by atoms with Crippen molar-refractivity contribution < 1.29 is 0 Å². The third-order valence-corrected chi connectivity index (χ3v) is 3.97. The molecule has 0 aliphatic carbocycles. The third-order valence-electron chi connectivity index (χ3n) is 2.70. The number of nitrogens with zero attached hydrogens (tertiary/aromatic N) is 1. The molecule has 14 heavy (non-hydrogen) atoms. The highest BCUT2D eigenvalue weighted by Crippen LogP contribution is 2.23. The first-order valence-electron chi connectivity index (χ1n) is 4.93. The smallest absolute Gasteiger partial charge is 0.0516 e. The van der Waals surface area contributed by atoms with Crippen LogP contribution >= 0.6 is 22.9 Å². The van der Waals surface area contributed by atoms with E-state index in [9.17, 15) is 0 Å². The summed E-state index contributed by atoms with van der Waals surface area (Å²) in [5, 5.41) is 2.85. The number of rotatable bonds is 3. The van der Waals surface area contributed by atoms with Crippen molar-refractivity contribution in [2.45, 2.75) is 13.0 Å². The first-order chi connectivity index (χ1) is 6.78. The van der Waals surface area contributed by atoms with Gasteiger partial charge in [-0.25, -0.2) is 0 Å². The second-order valence-corrected chi connectivity index (χ2v) is 5.29. The molecule has 0 bridgehead atoms. The van der Waals surface area contributed by atoms with Gasteiger partial charge in [0.25, 0.3) is 0 Å². The largest absolute Gasteiger partial charge is 0.330 e. The van der Waals surface area contributed by atoms with Gasteiger partial charge in [0.05, 0.1) is 5.02 Å². The average Bonchev–Trinajstić information content (AvgIpc) is 2.76. The van der Waals surface area contributed by atoms with Crippen LogP contribution in [0.3, 0.4) is 0 Å². The molecule has 1 unspecified atom stereocenters. The van der Waals surface area contributed by atoms with E-state index < -0.39 is 0 Å². The second-order valence-electron chi connectivity index (χ2n) is 3.86. The van der Waals surface area contributed by atoms with Crippen LogP contribution in [0.15, 0.2) is 11.4 Å². The lowest BCUT2D eigenvalue weighted by molar-refractivity contribution is 0.320. The van der Waals surface area contributed by atoms with Crippen LogP contribution in [0.25, 0.3) is 0 Å². The maximum absolute atomic E-state index is 5.87. The average molecular weight is 231 g/mol. The van der Waals surface area contributed by atoms with Gasteiger partial charge in [0, 0.05) is 23.3 Å². The highest BCUT2D eigenvalue weighted by atomic mass is 35.5. The van der Waals surface area contributed by atoms with E-state index in [1.807, 2.05) is 5.38 Å². The quantitative estimate of drug-likeness (QED) is 0.863. The highest BCUT2D eigenvalue weighted by molar-refractivity contribution is 7.10. The molecule has 1 aliphatic rings. The summed E-state index contributed by atoms with van der Waals surface area (Å²) < 4.78 is 0. The maximum atomic E-state index is 5.87. The lowest BCUT2D eigenvalue weighted by atomic mass is 10.1. The SMILES string of the molecule is NCC1CCN(Cc2cc(Cl)cs2)C1. The Morgan fingerprint density at radius 1 is 1.64 bits per heavy atom. The van der Waals surface area contributed by atoms with Crippen molar-refractivity contribution in [2.75, 3.05) is 19.6 Å². The van der Waals surface area contributed by atoms with Gasteiger partial charge in [-0.05, 0) is 31.5 Å². The van der Waals surface area contributed by atoms with E-state index in [0.29, 0.717) is 5.92 Å². The molecule has 1 saturated heterocycles. The van der Waals surface area contributed by atoms with Crippen LogP contribution in [0.2, 0.25) is 5.02 Å². The predicted molar refractivity (Wildman–Crippen MR) is 61.8 cm³/mol. The summed E-state index contributed by atoms with van der Waals surface area (Å²) in [6.07, 6.45) is 1.25. The summed E-state index contributed by atoms with van der Waals surface area (Å²) in [6.45, 7) is 4.18. The van der Waals surface area contributed by atoms with Crippen molar-refractivity contribution in [1.82, 2.24) is 4.90 Å². The lowest BCUT2D eigenvalue weighted by Gasteiger charge is -2.13. The van der Waals surface area contributed by atoms with Crippen LogP contribution in [0.1, 0.15) is 11.3 Å². The molecule has 0 saturated carbocycles. The van der Waals surface area contributed by atoms with E-state index in [2.05, 4.69) is 11.0 Å². The Morgan fingerprint density at radius 2 is 2.50 bits per heavy atom. The molecule has 2 heterocycles. The predicted octanol–water partition coefficient (Wildman–Crippen LogP) is 2.18. The van der Waals surface area contributed by atoms with Gasteiger partial charge in [0.15, 0.2) is 0 Å². The second kappa shape index (κ2) is 4.62. The summed E-state index contributed by atoms with van der Waals surface area (Å²) in [5.74, 6) is 0.699. The number of thiophene rings is 1. The molecule has 1 aliphatic heterocycles. The van der Waals surface area contributed by atoms with Crippen LogP contribution in [0, 0.1) is 5.92 Å². The van der Waals surface area contributed by atoms with Gasteiger partial charge in [0.1, 0.15) is 0 Å². The fourth-order valence-electron chi connectivity index (χ4n) is 1.91. The minimum atomic E-state index is 0.699. The molecule has 2 N–H and O–H groups in total. The molecule has 0 spiro atoms. The molecule has 2 nitrogen and oxygen atoms in total. The molecule has 1 fully saturated rings. The Hall–Kier alpha value is -0.0900. The third kappa shape index (κ3) is 2.48. The number of hydrogen-bond acceptors (Lipinski definition) is 3. The van der Waals surface area contributed by atoms with Crippen molar-refractivity contribution in [3.8, 4) is 0 Å². The molecule has 1 aromatic rings. The van der Waals surface area contributed by atoms with Crippen molar-refractivity contribution in [1.29, 1.82) is 0 Å². The Labute approximate surface area is 93.7 Å². The monoisotopic (exact) mass is 230 g/mol. The molecule has 1 atom stereocenters. The molecule has 78 valence electrons. The van der Waals surface area contributed by atoms with Gasteiger partial charge in [-0.3, -0.25) is 4.90 Å². The van der Waals surface area contributed by atoms with Crippen LogP contribution in [0.5, 0.6) is 0 Å². The molecular weight excluding hydrogens is 216 g/mol. The molecule has 0 radical (unpaired) electrons. The molecular formula is C10H15ClN2S. The first-order valence-corrected chi connectivity index (χ1v) is 6.19. The number of halogens is 1. The number of nitrogens with two attached hydrogens (primary N) is 1. The van der Waals surface area contributed by atoms with Gasteiger partial charge >= 0.3 is 0 Å². The summed E-state index contributed by atoms with van der Waals surface area (Å²) in [6, 6.07) is 2.06. The molecule has 4 heteroatoms. The van der Waals surface area contributed by atoms with E-state index in [-0.39, 0.29) is 0 Å². The Kier molecular flexibility index (Phi) is 3.44. The highest BCUT2D eigenvalue weighted by Gasteiger charge is 2.21. The van der Waals surface area contributed by atoms with E-state index in [1.54, 1.807) is 11.3 Å². The van der Waals surface area contributed by atoms with Gasteiger partial charge in [-0.2, -0.15) is 0 Å². The minimum absolute atomic E-state index is 0.699. The maximum Gasteiger partial charge on any atom is 0.0516 e. The Morgan fingerprint density at radius 3 is 3.07 bits per heavy atom. The standard InChI is InChI=1S/C10H15ClN2S/c11-9-3-10(14-7-9)6-13-2-1-8(4-12)5-13/h3,7-8H,1-2,4-6,12H2. The van der Waals surface area contributed by atoms with Gasteiger partial charge in [0.2, 0.25) is 0 Å². The fraction of sp³-hybridized carbons (Fsp3) is 0.600. The lowest BCUT2D eigenvalue weighted by Crippen LogP contribution is -2.22. The number of likely N-dealkylation sites (tertiary alicyclic amines) is 1. The normalized spacial score (nSPS) is 23.1. The summed E-state index contributed by atoms with van der Waals surface area (Å²) in [7, 11) is 0. The van der Waals surface area contributed by atoms with E-state index in [0.717, 1.165) is 24.7 Å². The molecule has 0 aromatic carbocycles. The summed E-state index contributed by atoms with van der Waals surface area (Å²) in [4.78, 5) is 3.81. The Balaban J connectivity index is 1.87. The zero-order chi connectivity index (χ0) is 9.97. The Bertz CT molecular complexity index is 300. The fourth-order valence-corrected chi connectivity index (χ4v) is 3.02. The summed E-state index contributed by atoms with van der Waals surface area (Å²) >= 11 is 7.61. The van der Waals surface area contributed by atoms with E-state index in [1.165, 1.54) is 17.8 Å². The van der Waals surface area contributed by atoms with Crippen LogP contribution in [-0.2, 0) is 6.54 Å². The van der Waals surface area contributed by atoms with Crippen molar-refractivity contribution >= 4 is 22.9 Å². The topological polar surface area (TPSA) is 29.3 Å². The van der Waals surface area contributed by atoms with Gasteiger partial charge in [-0.1, -0.05) is 11.6 Å². The van der Waals surface area contributed by atoms with Crippen LogP contribution in [0.4, 0.5) is 0 Å². The number of hydrogen-bond donors (Lipinski definition) is 1. The van der Waals surface area contributed by atoms with Crippen molar-refractivity contribution in [3.05, 3.63) is 21.3 Å². The van der Waals surface area contributed by atoms with Gasteiger partial charge < -0.3 is 5.73 Å². The zero-order valence-electron chi connectivity index (χ0n) is 8.08. The van der Waals surface area contributed by atoms with Crippen molar-refractivity contribution in [2.24, 2.45) is 11.7 Å². The zero-order valence-corrected chi connectivity index (χ0v) is 9.65. The summed E-state index contributed by atoms with van der Waals surface area (Å²) in [5.41, 5.74) is 5.65. The van der Waals surface area contributed by atoms with Crippen LogP contribution < -0.4 is 5.73 Å². The van der Waals surface area contributed by atoms with Crippen LogP contribution in [-0.4, -0.2) is 24.5 Å². The first kappa shape index (κ1) is 10.4. The molecule has 0 amide bonds. The molecule has 1 aromatic heterocycles. The van der Waals surface area contributed by atoms with Crippen molar-refractivity contribution in [3.63, 3.8) is 0 Å². The minimum Gasteiger partial charge on any atom is -0.330 e. The molecule has 2 rings (SSSR count). The van der Waals surface area contributed by atoms with E-state index in [4.69, 9.17) is 17.3 Å². The van der Waals surface area contributed by atoms with Gasteiger partial charge in [-0.15, -0.1) is 11.3 Å².